The zero-order chi connectivity index (χ0) is 29.2. The number of nitrogens with one attached hydrogen (secondary N) is 2. The number of ether oxygens (including phenoxy) is 2. The zero-order valence-corrected chi connectivity index (χ0v) is 23.5. The van der Waals surface area contributed by atoms with Crippen LogP contribution in [0, 0.1) is 5.82 Å². The molecule has 3 amide bonds. The number of methoxy groups -OCH3 is 1. The summed E-state index contributed by atoms with van der Waals surface area (Å²) in [6.07, 6.45) is 5.81. The van der Waals surface area contributed by atoms with Gasteiger partial charge >= 0.3 is 0 Å². The average molecular weight is 566 g/mol. The van der Waals surface area contributed by atoms with Crippen molar-refractivity contribution in [2.45, 2.75) is 52.1 Å². The van der Waals surface area contributed by atoms with Gasteiger partial charge in [0.25, 0.3) is 5.91 Å². The summed E-state index contributed by atoms with van der Waals surface area (Å²) in [5, 5.41) is 5.65. The predicted octanol–water partition coefficient (Wildman–Crippen LogP) is 3.83. The summed E-state index contributed by atoms with van der Waals surface area (Å²) in [5.41, 5.74) is 0.559. The third kappa shape index (κ3) is 7.84. The number of carbonyl (C=O) groups excluding carboxylic acids is 3. The molecule has 0 atom stereocenters. The molecule has 3 aromatic rings. The summed E-state index contributed by atoms with van der Waals surface area (Å²) >= 11 is 0. The molecular weight excluding hydrogens is 529 g/mol. The number of fused-ring (bicyclic) bond motifs is 13. The lowest BCUT2D eigenvalue weighted by molar-refractivity contribution is -0.132. The molecule has 2 N–H and O–H groups in total. The van der Waals surface area contributed by atoms with Crippen LogP contribution in [0.5, 0.6) is 17.2 Å². The van der Waals surface area contributed by atoms with Crippen molar-refractivity contribution in [2.75, 3.05) is 26.7 Å². The maximum Gasteiger partial charge on any atom is 0.251 e. The maximum atomic E-state index is 14.8. The molecule has 1 aromatic heterocycles. The first kappa shape index (κ1) is 29.6. The lowest BCUT2D eigenvalue weighted by atomic mass is 10.1. The summed E-state index contributed by atoms with van der Waals surface area (Å²) in [4.78, 5) is 44.7. The van der Waals surface area contributed by atoms with Crippen LogP contribution in [-0.2, 0) is 29.1 Å². The summed E-state index contributed by atoms with van der Waals surface area (Å²) in [6, 6.07) is 9.14. The van der Waals surface area contributed by atoms with Crippen LogP contribution in [0.4, 0.5) is 4.39 Å². The lowest BCUT2D eigenvalue weighted by Crippen LogP contribution is -2.36. The number of aromatic nitrogens is 2. The fourth-order valence-corrected chi connectivity index (χ4v) is 4.69. The van der Waals surface area contributed by atoms with Gasteiger partial charge in [-0.25, -0.2) is 9.37 Å². The quantitative estimate of drug-likeness (QED) is 0.486. The van der Waals surface area contributed by atoms with Gasteiger partial charge in [-0.3, -0.25) is 14.4 Å². The van der Waals surface area contributed by atoms with E-state index in [9.17, 15) is 18.8 Å². The minimum Gasteiger partial charge on any atom is -0.493 e. The first-order chi connectivity index (χ1) is 19.9. The molecule has 0 saturated heterocycles. The second-order valence-electron chi connectivity index (χ2n) is 9.70. The van der Waals surface area contributed by atoms with Gasteiger partial charge in [0, 0.05) is 75.5 Å². The van der Waals surface area contributed by atoms with E-state index in [4.69, 9.17) is 9.47 Å². The van der Waals surface area contributed by atoms with Crippen molar-refractivity contribution in [1.29, 1.82) is 0 Å². The summed E-state index contributed by atoms with van der Waals surface area (Å²) in [7, 11) is 1.45. The van der Waals surface area contributed by atoms with Crippen molar-refractivity contribution < 1.29 is 28.2 Å². The van der Waals surface area contributed by atoms with E-state index in [0.29, 0.717) is 62.5 Å². The number of imidazole rings is 1. The Morgan fingerprint density at radius 3 is 2.76 bits per heavy atom. The normalized spacial score (nSPS) is 15.0. The molecule has 218 valence electrons. The number of carbonyl (C=O) groups is 3. The van der Waals surface area contributed by atoms with Crippen molar-refractivity contribution in [3.8, 4) is 17.2 Å². The summed E-state index contributed by atoms with van der Waals surface area (Å²) < 4.78 is 28.1. The van der Waals surface area contributed by atoms with Gasteiger partial charge in [0.2, 0.25) is 11.8 Å². The first-order valence-corrected chi connectivity index (χ1v) is 13.9. The molecule has 10 nitrogen and oxygen atoms in total. The van der Waals surface area contributed by atoms with Crippen molar-refractivity contribution in [1.82, 2.24) is 25.1 Å². The van der Waals surface area contributed by atoms with Crippen molar-refractivity contribution in [3.05, 3.63) is 71.6 Å². The van der Waals surface area contributed by atoms with Gasteiger partial charge in [-0.2, -0.15) is 0 Å². The van der Waals surface area contributed by atoms with Gasteiger partial charge in [-0.1, -0.05) is 13.0 Å². The molecule has 0 aliphatic carbocycles. The fourth-order valence-electron chi connectivity index (χ4n) is 4.69. The van der Waals surface area contributed by atoms with E-state index in [1.54, 1.807) is 35.4 Å². The first-order valence-electron chi connectivity index (χ1n) is 13.9. The smallest absolute Gasteiger partial charge is 0.251 e. The minimum absolute atomic E-state index is 0.0353. The number of aryl methyl sites for hydroxylation is 2. The van der Waals surface area contributed by atoms with E-state index in [1.165, 1.54) is 19.2 Å². The Balaban J connectivity index is 1.51. The highest BCUT2D eigenvalue weighted by Crippen LogP contribution is 2.34. The van der Waals surface area contributed by atoms with E-state index in [0.717, 1.165) is 12.2 Å². The van der Waals surface area contributed by atoms with Crippen LogP contribution in [0.25, 0.3) is 0 Å². The number of amides is 3. The Labute approximate surface area is 238 Å². The second kappa shape index (κ2) is 14.3. The average Bonchev–Trinajstić information content (AvgIpc) is 3.44. The van der Waals surface area contributed by atoms with Gasteiger partial charge in [-0.15, -0.1) is 0 Å². The molecule has 0 fully saturated rings. The fraction of sp³-hybridized carbons (Fsp3) is 0.400. The zero-order valence-electron chi connectivity index (χ0n) is 23.5. The Bertz CT molecular complexity index is 1380. The Morgan fingerprint density at radius 2 is 1.95 bits per heavy atom. The highest BCUT2D eigenvalue weighted by Gasteiger charge is 2.18. The Morgan fingerprint density at radius 1 is 1.12 bits per heavy atom. The standard InChI is InChI=1S/C30H36FN5O5/c1-3-27-32-14-18-35(27)17-12-29(38)36-15-5-9-28(37)34-20-22-23(31)7-4-8-24(22)41-25-11-10-21(19-26(25)40-2)30(39)33-13-6-16-36/h4,7-8,10-11,14,18-19H,3,5-6,9,12-13,15-17,20H2,1-2H3,(H,33,39)(H,34,37). The number of benzene rings is 2. The minimum atomic E-state index is -0.524. The molecule has 0 radical (unpaired) electrons. The van der Waals surface area contributed by atoms with Crippen LogP contribution in [0.15, 0.2) is 48.8 Å². The molecule has 3 heterocycles. The number of hydrogen-bond donors (Lipinski definition) is 2. The molecule has 0 spiro atoms. The van der Waals surface area contributed by atoms with Crippen LogP contribution < -0.4 is 20.1 Å². The van der Waals surface area contributed by atoms with Crippen molar-refractivity contribution in [2.24, 2.45) is 0 Å². The summed E-state index contributed by atoms with van der Waals surface area (Å²) in [5.74, 6) is 0.632. The predicted molar refractivity (Wildman–Crippen MR) is 150 cm³/mol. The number of rotatable bonds is 5. The Kier molecular flexibility index (Phi) is 10.3. The van der Waals surface area contributed by atoms with Crippen molar-refractivity contribution in [3.63, 3.8) is 0 Å². The molecule has 0 saturated carbocycles. The van der Waals surface area contributed by atoms with Crippen LogP contribution in [0.3, 0.4) is 0 Å². The molecule has 2 aliphatic rings. The van der Waals surface area contributed by atoms with Gasteiger partial charge < -0.3 is 29.6 Å². The number of halogens is 1. The van der Waals surface area contributed by atoms with Gasteiger partial charge in [0.15, 0.2) is 11.5 Å². The van der Waals surface area contributed by atoms with Crippen LogP contribution >= 0.6 is 0 Å². The van der Waals surface area contributed by atoms with E-state index >= 15 is 0 Å². The monoisotopic (exact) mass is 565 g/mol. The summed E-state index contributed by atoms with van der Waals surface area (Å²) in [6.45, 7) is 3.63. The molecular formula is C30H36FN5O5. The van der Waals surface area contributed by atoms with E-state index in [1.807, 2.05) is 17.7 Å². The van der Waals surface area contributed by atoms with E-state index < -0.39 is 5.82 Å². The Hall–Kier alpha value is -4.41. The molecule has 2 bridgehead atoms. The highest BCUT2D eigenvalue weighted by molar-refractivity contribution is 5.94. The third-order valence-corrected chi connectivity index (χ3v) is 6.94. The molecule has 11 heteroatoms. The second-order valence-corrected chi connectivity index (χ2v) is 9.70. The molecule has 2 aromatic carbocycles. The van der Waals surface area contributed by atoms with Gasteiger partial charge in [0.05, 0.1) is 7.11 Å². The third-order valence-electron chi connectivity index (χ3n) is 6.94. The molecule has 0 unspecified atom stereocenters. The number of hydrogen-bond acceptors (Lipinski definition) is 6. The van der Waals surface area contributed by atoms with Crippen LogP contribution in [0.2, 0.25) is 0 Å². The van der Waals surface area contributed by atoms with Crippen LogP contribution in [0.1, 0.15) is 54.4 Å². The lowest BCUT2D eigenvalue weighted by Gasteiger charge is -2.23. The molecule has 2 aliphatic heterocycles. The largest absolute Gasteiger partial charge is 0.493 e. The number of nitrogens with zero attached hydrogens (tertiary/aromatic N) is 3. The van der Waals surface area contributed by atoms with E-state index in [-0.39, 0.29) is 42.0 Å². The molecule has 5 rings (SSSR count). The van der Waals surface area contributed by atoms with Crippen LogP contribution in [-0.4, -0.2) is 58.9 Å². The SMILES string of the molecule is CCc1nccn1CCC(=O)N1CCCNC(=O)c2ccc(c(OC)c2)Oc2cccc(F)c2CNC(=O)CCC1. The van der Waals surface area contributed by atoms with Gasteiger partial charge in [-0.05, 0) is 43.2 Å². The van der Waals surface area contributed by atoms with E-state index in [2.05, 4.69) is 15.6 Å². The topological polar surface area (TPSA) is 115 Å². The van der Waals surface area contributed by atoms with Crippen molar-refractivity contribution >= 4 is 17.7 Å². The van der Waals surface area contributed by atoms with Gasteiger partial charge in [0.1, 0.15) is 17.4 Å². The molecule has 41 heavy (non-hydrogen) atoms. The highest BCUT2D eigenvalue weighted by atomic mass is 19.1. The maximum absolute atomic E-state index is 14.8.